The Kier molecular flexibility index (Phi) is 3.63. The third kappa shape index (κ3) is 2.24. The van der Waals surface area contributed by atoms with Gasteiger partial charge in [-0.1, -0.05) is 19.4 Å². The first kappa shape index (κ1) is 17.1. The number of hydrogen-bond donors (Lipinski definition) is 2. The lowest BCUT2D eigenvalue weighted by Crippen LogP contribution is -2.56. The lowest BCUT2D eigenvalue weighted by atomic mass is 9.47. The molecule has 0 heterocycles. The molecule has 0 aromatic rings. The lowest BCUT2D eigenvalue weighted by Gasteiger charge is -2.58. The minimum Gasteiger partial charge on any atom is -0.450 e. The van der Waals surface area contributed by atoms with Crippen LogP contribution in [0.1, 0.15) is 65.2 Å². The van der Waals surface area contributed by atoms with Gasteiger partial charge in [0.2, 0.25) is 5.79 Å². The number of rotatable bonds is 1. The Morgan fingerprint density at radius 2 is 1.84 bits per heavy atom. The van der Waals surface area contributed by atoms with Crippen molar-refractivity contribution in [1.29, 1.82) is 0 Å². The highest BCUT2D eigenvalue weighted by Gasteiger charge is 2.66. The minimum atomic E-state index is -1.56. The van der Waals surface area contributed by atoms with Crippen molar-refractivity contribution in [3.8, 4) is 0 Å². The summed E-state index contributed by atoms with van der Waals surface area (Å²) in [6, 6.07) is 0. The number of ether oxygens (including phenoxy) is 1. The summed E-state index contributed by atoms with van der Waals surface area (Å²) in [5.41, 5.74) is 0.907. The predicted molar refractivity (Wildman–Crippen MR) is 90.8 cm³/mol. The van der Waals surface area contributed by atoms with E-state index < -0.39 is 17.4 Å². The van der Waals surface area contributed by atoms with Crippen LogP contribution >= 0.6 is 0 Å². The number of ketones is 1. The summed E-state index contributed by atoms with van der Waals surface area (Å²) >= 11 is 0. The third-order valence-electron chi connectivity index (χ3n) is 8.29. The maximum Gasteiger partial charge on any atom is 0.508 e. The summed E-state index contributed by atoms with van der Waals surface area (Å²) in [5, 5.41) is 20.1. The van der Waals surface area contributed by atoms with Crippen molar-refractivity contribution in [3.63, 3.8) is 0 Å². The van der Waals surface area contributed by atoms with Gasteiger partial charge in [-0.3, -0.25) is 4.79 Å². The summed E-state index contributed by atoms with van der Waals surface area (Å²) in [6.07, 6.45) is 7.00. The minimum absolute atomic E-state index is 0.0898. The molecule has 0 bridgehead atoms. The zero-order valence-corrected chi connectivity index (χ0v) is 15.1. The molecule has 0 amide bonds. The Bertz CT molecular complexity index is 654. The number of carbonyl (C=O) groups is 2. The van der Waals surface area contributed by atoms with Gasteiger partial charge in [0.15, 0.2) is 5.78 Å². The Labute approximate surface area is 148 Å². The van der Waals surface area contributed by atoms with E-state index in [0.29, 0.717) is 24.7 Å². The molecule has 5 heteroatoms. The second kappa shape index (κ2) is 5.32. The van der Waals surface area contributed by atoms with Crippen LogP contribution in [0, 0.1) is 28.6 Å². The van der Waals surface area contributed by atoms with E-state index in [2.05, 4.69) is 6.92 Å². The molecule has 5 nitrogen and oxygen atoms in total. The fourth-order valence-electron chi connectivity index (χ4n) is 6.85. The quantitative estimate of drug-likeness (QED) is 0.554. The summed E-state index contributed by atoms with van der Waals surface area (Å²) in [7, 11) is 0. The molecular formula is C20H28O5. The molecule has 6 atom stereocenters. The van der Waals surface area contributed by atoms with Crippen molar-refractivity contribution < 1.29 is 24.5 Å². The SMILES string of the molecule is C[C@]12CCC(=O)C=C1CC[C@@H]1[C@@H]2CC[C@@]2(C)[C@H]1CC[C@]2(O)OC(=O)O. The molecule has 3 saturated carbocycles. The van der Waals surface area contributed by atoms with Gasteiger partial charge in [-0.2, -0.15) is 0 Å². The molecule has 2 N–H and O–H groups in total. The van der Waals surface area contributed by atoms with Gasteiger partial charge in [0.1, 0.15) is 0 Å². The van der Waals surface area contributed by atoms with Crippen LogP contribution in [0.4, 0.5) is 4.79 Å². The van der Waals surface area contributed by atoms with E-state index in [-0.39, 0.29) is 17.1 Å². The fourth-order valence-corrected chi connectivity index (χ4v) is 6.85. The zero-order valence-electron chi connectivity index (χ0n) is 15.1. The van der Waals surface area contributed by atoms with Crippen LogP contribution in [0.5, 0.6) is 0 Å². The van der Waals surface area contributed by atoms with E-state index in [1.165, 1.54) is 5.57 Å². The van der Waals surface area contributed by atoms with Gasteiger partial charge in [0.25, 0.3) is 0 Å². The number of fused-ring (bicyclic) bond motifs is 5. The van der Waals surface area contributed by atoms with E-state index in [0.717, 1.165) is 38.5 Å². The number of allylic oxidation sites excluding steroid dienone is 1. The highest BCUT2D eigenvalue weighted by Crippen LogP contribution is 2.67. The largest absolute Gasteiger partial charge is 0.508 e. The van der Waals surface area contributed by atoms with Gasteiger partial charge in [-0.05, 0) is 67.8 Å². The van der Waals surface area contributed by atoms with Gasteiger partial charge >= 0.3 is 6.16 Å². The van der Waals surface area contributed by atoms with Crippen molar-refractivity contribution in [2.75, 3.05) is 0 Å². The average molecular weight is 348 g/mol. The maximum atomic E-state index is 11.9. The van der Waals surface area contributed by atoms with Gasteiger partial charge in [-0.15, -0.1) is 0 Å². The fraction of sp³-hybridized carbons (Fsp3) is 0.800. The first-order valence-corrected chi connectivity index (χ1v) is 9.58. The van der Waals surface area contributed by atoms with Crippen LogP contribution in [0.3, 0.4) is 0 Å². The molecule has 25 heavy (non-hydrogen) atoms. The van der Waals surface area contributed by atoms with E-state index in [9.17, 15) is 14.7 Å². The van der Waals surface area contributed by atoms with Gasteiger partial charge in [0, 0.05) is 18.3 Å². The molecule has 0 spiro atoms. The summed E-state index contributed by atoms with van der Waals surface area (Å²) < 4.78 is 5.01. The maximum absolute atomic E-state index is 11.9. The number of carboxylic acid groups (broad SMARTS) is 1. The second-order valence-corrected chi connectivity index (χ2v) is 9.12. The van der Waals surface area contributed by atoms with Crippen LogP contribution in [0.25, 0.3) is 0 Å². The molecule has 138 valence electrons. The second-order valence-electron chi connectivity index (χ2n) is 9.12. The molecule has 0 aliphatic heterocycles. The topological polar surface area (TPSA) is 83.8 Å². The Balaban J connectivity index is 1.66. The summed E-state index contributed by atoms with van der Waals surface area (Å²) in [4.78, 5) is 23.0. The molecule has 3 fully saturated rings. The van der Waals surface area contributed by atoms with E-state index in [1.807, 2.05) is 13.0 Å². The summed E-state index contributed by atoms with van der Waals surface area (Å²) in [6.45, 7) is 4.33. The van der Waals surface area contributed by atoms with E-state index in [4.69, 9.17) is 9.84 Å². The van der Waals surface area contributed by atoms with Crippen LogP contribution in [0.2, 0.25) is 0 Å². The van der Waals surface area contributed by atoms with Crippen molar-refractivity contribution in [2.45, 2.75) is 71.0 Å². The van der Waals surface area contributed by atoms with Gasteiger partial charge in [0.05, 0.1) is 0 Å². The first-order valence-electron chi connectivity index (χ1n) is 9.58. The van der Waals surface area contributed by atoms with E-state index in [1.54, 1.807) is 0 Å². The molecule has 4 rings (SSSR count). The standard InChI is InChI=1S/C20H28O5/c1-18-8-5-13(21)11-12(18)3-4-14-15(18)6-9-19(2)16(14)7-10-20(19,24)25-17(22)23/h11,14-16,24H,3-10H2,1-2H3,(H,22,23)/t14-,15+,16+,18+,19+,20+/m1/s1. The molecule has 0 unspecified atom stereocenters. The molecule has 4 aliphatic carbocycles. The monoisotopic (exact) mass is 348 g/mol. The predicted octanol–water partition coefficient (Wildman–Crippen LogP) is 3.90. The van der Waals surface area contributed by atoms with E-state index >= 15 is 0 Å². The molecule has 0 aromatic heterocycles. The highest BCUT2D eigenvalue weighted by atomic mass is 16.7. The highest BCUT2D eigenvalue weighted by molar-refractivity contribution is 5.91. The van der Waals surface area contributed by atoms with Crippen LogP contribution < -0.4 is 0 Å². The molecule has 0 saturated heterocycles. The molecular weight excluding hydrogens is 320 g/mol. The Morgan fingerprint density at radius 1 is 1.12 bits per heavy atom. The van der Waals surface area contributed by atoms with Crippen molar-refractivity contribution in [3.05, 3.63) is 11.6 Å². The third-order valence-corrected chi connectivity index (χ3v) is 8.29. The smallest absolute Gasteiger partial charge is 0.450 e. The number of hydrogen-bond acceptors (Lipinski definition) is 4. The zero-order chi connectivity index (χ0) is 18.0. The number of aliphatic hydroxyl groups is 1. The van der Waals surface area contributed by atoms with Crippen molar-refractivity contribution >= 4 is 11.9 Å². The first-order chi connectivity index (χ1) is 11.7. The van der Waals surface area contributed by atoms with Crippen LogP contribution in [0.15, 0.2) is 11.6 Å². The van der Waals surface area contributed by atoms with Crippen molar-refractivity contribution in [1.82, 2.24) is 0 Å². The van der Waals surface area contributed by atoms with Gasteiger partial charge in [-0.25, -0.2) is 4.79 Å². The average Bonchev–Trinajstić information content (AvgIpc) is 2.79. The Morgan fingerprint density at radius 3 is 2.56 bits per heavy atom. The Hall–Kier alpha value is -1.36. The number of carbonyl (C=O) groups excluding carboxylic acids is 1. The van der Waals surface area contributed by atoms with Crippen molar-refractivity contribution in [2.24, 2.45) is 28.6 Å². The molecule has 4 aliphatic rings. The van der Waals surface area contributed by atoms with Crippen LogP contribution in [-0.2, 0) is 9.53 Å². The molecule has 0 radical (unpaired) electrons. The summed E-state index contributed by atoms with van der Waals surface area (Å²) in [5.74, 6) is -0.0248. The normalized spacial score (nSPS) is 48.8. The van der Waals surface area contributed by atoms with Crippen LogP contribution in [-0.4, -0.2) is 27.9 Å². The molecule has 0 aromatic carbocycles. The lowest BCUT2D eigenvalue weighted by molar-refractivity contribution is -0.251. The van der Waals surface area contributed by atoms with Gasteiger partial charge < -0.3 is 14.9 Å².